The number of halogens is 2. The molecule has 0 fully saturated rings. The fourth-order valence-electron chi connectivity index (χ4n) is 1.26. The molecule has 0 aliphatic carbocycles. The topological polar surface area (TPSA) is 38.9 Å². The Morgan fingerprint density at radius 1 is 1.40 bits per heavy atom. The maximum atomic E-state index is 13.4. The van der Waals surface area contributed by atoms with Gasteiger partial charge >= 0.3 is 0 Å². The third-order valence-corrected chi connectivity index (χ3v) is 2.31. The first kappa shape index (κ1) is 10.1. The first-order valence-corrected chi connectivity index (χ1v) is 4.76. The van der Waals surface area contributed by atoms with E-state index in [1.165, 1.54) is 6.07 Å². The Morgan fingerprint density at radius 2 is 2.20 bits per heavy atom. The standard InChI is InChI=1S/C10H8ClFN2O/c1-6-13-14-10(15-6)5-7-8(11)3-2-4-9(7)12/h2-4H,5H2,1H3. The second-order valence-corrected chi connectivity index (χ2v) is 3.50. The first-order valence-electron chi connectivity index (χ1n) is 4.38. The van der Waals surface area contributed by atoms with E-state index in [4.69, 9.17) is 16.0 Å². The van der Waals surface area contributed by atoms with Gasteiger partial charge in [0, 0.05) is 17.5 Å². The maximum absolute atomic E-state index is 13.4. The Hall–Kier alpha value is -1.42. The number of hydrogen-bond donors (Lipinski definition) is 0. The summed E-state index contributed by atoms with van der Waals surface area (Å²) in [4.78, 5) is 0. The summed E-state index contributed by atoms with van der Waals surface area (Å²) in [5, 5.41) is 7.81. The van der Waals surface area contributed by atoms with Crippen molar-refractivity contribution in [1.82, 2.24) is 10.2 Å². The number of benzene rings is 1. The van der Waals surface area contributed by atoms with E-state index in [1.54, 1.807) is 19.1 Å². The fourth-order valence-corrected chi connectivity index (χ4v) is 1.49. The van der Waals surface area contributed by atoms with E-state index in [9.17, 15) is 4.39 Å². The van der Waals surface area contributed by atoms with Crippen LogP contribution in [-0.4, -0.2) is 10.2 Å². The molecule has 0 bridgehead atoms. The highest BCUT2D eigenvalue weighted by Crippen LogP contribution is 2.21. The van der Waals surface area contributed by atoms with Crippen molar-refractivity contribution in [3.05, 3.63) is 46.4 Å². The zero-order valence-electron chi connectivity index (χ0n) is 8.00. The van der Waals surface area contributed by atoms with Crippen LogP contribution in [0.4, 0.5) is 4.39 Å². The molecule has 0 radical (unpaired) electrons. The van der Waals surface area contributed by atoms with Crippen molar-refractivity contribution in [2.75, 3.05) is 0 Å². The lowest BCUT2D eigenvalue weighted by atomic mass is 10.1. The molecule has 0 amide bonds. The second kappa shape index (κ2) is 3.98. The predicted molar refractivity (Wildman–Crippen MR) is 53.3 cm³/mol. The highest BCUT2D eigenvalue weighted by atomic mass is 35.5. The molecule has 0 saturated carbocycles. The summed E-state index contributed by atoms with van der Waals surface area (Å²) in [5.74, 6) is 0.454. The van der Waals surface area contributed by atoms with E-state index in [1.807, 2.05) is 0 Å². The van der Waals surface area contributed by atoms with Crippen LogP contribution in [0.3, 0.4) is 0 Å². The second-order valence-electron chi connectivity index (χ2n) is 3.09. The zero-order valence-corrected chi connectivity index (χ0v) is 8.75. The molecule has 0 aliphatic rings. The third-order valence-electron chi connectivity index (χ3n) is 1.96. The summed E-state index contributed by atoms with van der Waals surface area (Å²) >= 11 is 5.86. The van der Waals surface area contributed by atoms with Crippen LogP contribution in [0.1, 0.15) is 17.3 Å². The Morgan fingerprint density at radius 3 is 2.80 bits per heavy atom. The Balaban J connectivity index is 2.31. The molecule has 3 nitrogen and oxygen atoms in total. The highest BCUT2D eigenvalue weighted by molar-refractivity contribution is 6.31. The summed E-state index contributed by atoms with van der Waals surface area (Å²) in [6.07, 6.45) is 0.215. The average Bonchev–Trinajstić information content (AvgIpc) is 2.58. The average molecular weight is 227 g/mol. The number of hydrogen-bond acceptors (Lipinski definition) is 3. The lowest BCUT2D eigenvalue weighted by molar-refractivity contribution is 0.473. The van der Waals surface area contributed by atoms with Crippen LogP contribution >= 0.6 is 11.6 Å². The highest BCUT2D eigenvalue weighted by Gasteiger charge is 2.11. The van der Waals surface area contributed by atoms with Gasteiger partial charge in [-0.1, -0.05) is 17.7 Å². The molecule has 1 aromatic heterocycles. The van der Waals surface area contributed by atoms with Crippen LogP contribution in [0.2, 0.25) is 5.02 Å². The van der Waals surface area contributed by atoms with Gasteiger partial charge in [-0.2, -0.15) is 0 Å². The zero-order chi connectivity index (χ0) is 10.8. The molecule has 0 saturated heterocycles. The molecular weight excluding hydrogens is 219 g/mol. The van der Waals surface area contributed by atoms with Gasteiger partial charge in [0.2, 0.25) is 11.8 Å². The molecule has 2 rings (SSSR count). The third kappa shape index (κ3) is 2.15. The molecule has 0 N–H and O–H groups in total. The number of nitrogens with zero attached hydrogens (tertiary/aromatic N) is 2. The van der Waals surface area contributed by atoms with Crippen LogP contribution < -0.4 is 0 Å². The van der Waals surface area contributed by atoms with Crippen molar-refractivity contribution in [2.24, 2.45) is 0 Å². The van der Waals surface area contributed by atoms with Gasteiger partial charge in [0.15, 0.2) is 0 Å². The molecule has 15 heavy (non-hydrogen) atoms. The smallest absolute Gasteiger partial charge is 0.221 e. The van der Waals surface area contributed by atoms with Crippen molar-refractivity contribution < 1.29 is 8.81 Å². The first-order chi connectivity index (χ1) is 7.16. The quantitative estimate of drug-likeness (QED) is 0.791. The maximum Gasteiger partial charge on any atom is 0.221 e. The summed E-state index contributed by atoms with van der Waals surface area (Å²) in [6.45, 7) is 1.68. The van der Waals surface area contributed by atoms with Crippen molar-refractivity contribution in [1.29, 1.82) is 0 Å². The van der Waals surface area contributed by atoms with Crippen LogP contribution in [0.25, 0.3) is 0 Å². The minimum Gasteiger partial charge on any atom is -0.425 e. The van der Waals surface area contributed by atoms with Crippen LogP contribution in [-0.2, 0) is 6.42 Å². The normalized spacial score (nSPS) is 10.6. The Kier molecular flexibility index (Phi) is 2.68. The monoisotopic (exact) mass is 226 g/mol. The van der Waals surface area contributed by atoms with Crippen LogP contribution in [0.5, 0.6) is 0 Å². The predicted octanol–water partition coefficient (Wildman–Crippen LogP) is 2.76. The van der Waals surface area contributed by atoms with E-state index in [0.717, 1.165) is 0 Å². The van der Waals surface area contributed by atoms with Gasteiger partial charge in [-0.3, -0.25) is 0 Å². The summed E-state index contributed by atoms with van der Waals surface area (Å²) in [6, 6.07) is 4.54. The SMILES string of the molecule is Cc1nnc(Cc2c(F)cccc2Cl)o1. The van der Waals surface area contributed by atoms with Crippen LogP contribution in [0, 0.1) is 12.7 Å². The minimum atomic E-state index is -0.363. The summed E-state index contributed by atoms with van der Waals surface area (Å²) < 4.78 is 18.5. The molecule has 0 aliphatic heterocycles. The lowest BCUT2D eigenvalue weighted by Crippen LogP contribution is -1.94. The van der Waals surface area contributed by atoms with Gasteiger partial charge in [-0.25, -0.2) is 4.39 Å². The number of aromatic nitrogens is 2. The fraction of sp³-hybridized carbons (Fsp3) is 0.200. The molecular formula is C10H8ClFN2O. The summed E-state index contributed by atoms with van der Waals surface area (Å²) in [5.41, 5.74) is 0.378. The molecule has 1 heterocycles. The largest absolute Gasteiger partial charge is 0.425 e. The molecule has 0 atom stereocenters. The van der Waals surface area contributed by atoms with Gasteiger partial charge in [-0.15, -0.1) is 10.2 Å². The Labute approximate surface area is 90.9 Å². The minimum absolute atomic E-state index is 0.215. The van der Waals surface area contributed by atoms with E-state index < -0.39 is 0 Å². The van der Waals surface area contributed by atoms with E-state index in [-0.39, 0.29) is 12.2 Å². The molecule has 1 aromatic carbocycles. The van der Waals surface area contributed by atoms with Gasteiger partial charge in [0.05, 0.1) is 6.42 Å². The van der Waals surface area contributed by atoms with E-state index >= 15 is 0 Å². The molecule has 0 unspecified atom stereocenters. The number of rotatable bonds is 2. The van der Waals surface area contributed by atoms with Crippen molar-refractivity contribution >= 4 is 11.6 Å². The van der Waals surface area contributed by atoms with E-state index in [0.29, 0.717) is 22.4 Å². The molecule has 5 heteroatoms. The van der Waals surface area contributed by atoms with Crippen molar-refractivity contribution in [3.63, 3.8) is 0 Å². The van der Waals surface area contributed by atoms with Gasteiger partial charge in [0.25, 0.3) is 0 Å². The van der Waals surface area contributed by atoms with Gasteiger partial charge in [-0.05, 0) is 12.1 Å². The summed E-state index contributed by atoms with van der Waals surface area (Å²) in [7, 11) is 0. The molecule has 0 spiro atoms. The number of aryl methyl sites for hydroxylation is 1. The lowest BCUT2D eigenvalue weighted by Gasteiger charge is -2.01. The molecule has 78 valence electrons. The van der Waals surface area contributed by atoms with E-state index in [2.05, 4.69) is 10.2 Å². The molecule has 2 aromatic rings. The Bertz CT molecular complexity index is 464. The van der Waals surface area contributed by atoms with Crippen molar-refractivity contribution in [3.8, 4) is 0 Å². The van der Waals surface area contributed by atoms with Gasteiger partial charge < -0.3 is 4.42 Å². The van der Waals surface area contributed by atoms with Crippen LogP contribution in [0.15, 0.2) is 22.6 Å². The van der Waals surface area contributed by atoms with Crippen molar-refractivity contribution in [2.45, 2.75) is 13.3 Å². The van der Waals surface area contributed by atoms with Gasteiger partial charge in [0.1, 0.15) is 5.82 Å².